The Morgan fingerprint density at radius 1 is 1.31 bits per heavy atom. The Morgan fingerprint density at radius 2 is 2.06 bits per heavy atom. The van der Waals surface area contributed by atoms with Crippen LogP contribution in [0, 0.1) is 5.92 Å². The third kappa shape index (κ3) is 5.83. The molecule has 1 atom stereocenters. The van der Waals surface area contributed by atoms with Crippen molar-refractivity contribution in [1.29, 1.82) is 0 Å². The van der Waals surface area contributed by atoms with Crippen LogP contribution in [-0.2, 0) is 4.74 Å². The van der Waals surface area contributed by atoms with E-state index in [1.54, 1.807) is 0 Å². The van der Waals surface area contributed by atoms with E-state index in [-0.39, 0.29) is 0 Å². The fourth-order valence-electron chi connectivity index (χ4n) is 2.24. The van der Waals surface area contributed by atoms with Crippen molar-refractivity contribution in [3.63, 3.8) is 0 Å². The number of piperazine rings is 1. The summed E-state index contributed by atoms with van der Waals surface area (Å²) in [5.41, 5.74) is 0. The molecule has 0 aromatic carbocycles. The molecule has 0 amide bonds. The molecule has 1 rings (SSSR count). The minimum Gasteiger partial charge on any atom is -0.377 e. The highest BCUT2D eigenvalue weighted by atomic mass is 16.5. The molecule has 1 N–H and O–H groups in total. The lowest BCUT2D eigenvalue weighted by atomic mass is 10.0. The van der Waals surface area contributed by atoms with Crippen LogP contribution in [0.5, 0.6) is 0 Å². The molecule has 0 aromatic rings. The Labute approximate surface area is 101 Å². The molecule has 0 aliphatic carbocycles. The van der Waals surface area contributed by atoms with E-state index in [9.17, 15) is 0 Å². The lowest BCUT2D eigenvalue weighted by Crippen LogP contribution is -2.51. The zero-order valence-electron chi connectivity index (χ0n) is 11.3. The highest BCUT2D eigenvalue weighted by Crippen LogP contribution is 2.09. The van der Waals surface area contributed by atoms with E-state index in [0.717, 1.165) is 32.2 Å². The molecule has 16 heavy (non-hydrogen) atoms. The van der Waals surface area contributed by atoms with Gasteiger partial charge in [0.25, 0.3) is 0 Å². The second-order valence-electron chi connectivity index (χ2n) is 5.50. The molecule has 1 saturated heterocycles. The van der Waals surface area contributed by atoms with E-state index in [0.29, 0.717) is 12.1 Å². The number of hydrogen-bond acceptors (Lipinski definition) is 3. The highest BCUT2D eigenvalue weighted by molar-refractivity contribution is 4.79. The molecule has 1 aliphatic heterocycles. The van der Waals surface area contributed by atoms with Gasteiger partial charge in [-0.25, -0.2) is 0 Å². The summed E-state index contributed by atoms with van der Waals surface area (Å²) >= 11 is 0. The Balaban J connectivity index is 2.17. The number of nitrogens with zero attached hydrogens (tertiary/aromatic N) is 1. The van der Waals surface area contributed by atoms with Gasteiger partial charge in [-0.2, -0.15) is 0 Å². The molecule has 0 spiro atoms. The molecular formula is C13H28N2O. The topological polar surface area (TPSA) is 24.5 Å². The number of ether oxygens (including phenoxy) is 1. The first-order chi connectivity index (χ1) is 7.58. The van der Waals surface area contributed by atoms with Crippen molar-refractivity contribution in [2.75, 3.05) is 32.8 Å². The van der Waals surface area contributed by atoms with E-state index in [1.807, 2.05) is 0 Å². The molecule has 96 valence electrons. The van der Waals surface area contributed by atoms with Crippen LogP contribution in [0.15, 0.2) is 0 Å². The van der Waals surface area contributed by atoms with Crippen LogP contribution in [0.25, 0.3) is 0 Å². The van der Waals surface area contributed by atoms with Gasteiger partial charge >= 0.3 is 0 Å². The van der Waals surface area contributed by atoms with Gasteiger partial charge < -0.3 is 10.1 Å². The minimum absolute atomic E-state index is 0.356. The summed E-state index contributed by atoms with van der Waals surface area (Å²) in [5.74, 6) is 0.782. The maximum atomic E-state index is 5.60. The van der Waals surface area contributed by atoms with Crippen LogP contribution in [0.2, 0.25) is 0 Å². The Morgan fingerprint density at radius 3 is 2.69 bits per heavy atom. The third-order valence-electron chi connectivity index (χ3n) is 2.95. The summed E-state index contributed by atoms with van der Waals surface area (Å²) < 4.78 is 5.60. The monoisotopic (exact) mass is 228 g/mol. The van der Waals surface area contributed by atoms with Crippen LogP contribution >= 0.6 is 0 Å². The first-order valence-electron chi connectivity index (χ1n) is 6.65. The molecule has 1 fully saturated rings. The molecule has 0 aromatic heterocycles. The van der Waals surface area contributed by atoms with Crippen molar-refractivity contribution in [3.05, 3.63) is 0 Å². The van der Waals surface area contributed by atoms with E-state index < -0.39 is 0 Å². The van der Waals surface area contributed by atoms with Gasteiger partial charge in [0.2, 0.25) is 0 Å². The van der Waals surface area contributed by atoms with Crippen LogP contribution in [0.4, 0.5) is 0 Å². The first kappa shape index (κ1) is 13.9. The molecule has 1 aliphatic rings. The zero-order chi connectivity index (χ0) is 12.0. The van der Waals surface area contributed by atoms with E-state index >= 15 is 0 Å². The molecule has 0 bridgehead atoms. The Bertz CT molecular complexity index is 183. The first-order valence-corrected chi connectivity index (χ1v) is 6.65. The van der Waals surface area contributed by atoms with Gasteiger partial charge in [-0.05, 0) is 26.2 Å². The number of hydrogen-bond donors (Lipinski definition) is 1. The van der Waals surface area contributed by atoms with Gasteiger partial charge in [-0.1, -0.05) is 13.8 Å². The predicted molar refractivity (Wildman–Crippen MR) is 68.8 cm³/mol. The van der Waals surface area contributed by atoms with Crippen molar-refractivity contribution in [1.82, 2.24) is 10.2 Å². The van der Waals surface area contributed by atoms with Gasteiger partial charge in [-0.3, -0.25) is 4.90 Å². The smallest absolute Gasteiger partial charge is 0.0596 e. The average molecular weight is 228 g/mol. The average Bonchev–Trinajstić information content (AvgIpc) is 2.16. The zero-order valence-corrected chi connectivity index (χ0v) is 11.3. The molecule has 1 unspecified atom stereocenters. The number of nitrogens with one attached hydrogen (secondary N) is 1. The summed E-state index contributed by atoms with van der Waals surface area (Å²) in [6.45, 7) is 14.2. The van der Waals surface area contributed by atoms with E-state index in [2.05, 4.69) is 37.9 Å². The maximum Gasteiger partial charge on any atom is 0.0596 e. The van der Waals surface area contributed by atoms with Crippen LogP contribution in [0.1, 0.15) is 34.1 Å². The Hall–Kier alpha value is -0.120. The van der Waals surface area contributed by atoms with Crippen molar-refractivity contribution < 1.29 is 4.74 Å². The molecule has 1 heterocycles. The summed E-state index contributed by atoms with van der Waals surface area (Å²) in [6, 6.07) is 0.674. The maximum absolute atomic E-state index is 5.60. The predicted octanol–water partition coefficient (Wildman–Crippen LogP) is 1.73. The second-order valence-corrected chi connectivity index (χ2v) is 5.50. The van der Waals surface area contributed by atoms with Crippen molar-refractivity contribution in [2.24, 2.45) is 5.92 Å². The van der Waals surface area contributed by atoms with Crippen LogP contribution in [0.3, 0.4) is 0 Å². The van der Waals surface area contributed by atoms with Crippen molar-refractivity contribution in [2.45, 2.75) is 46.3 Å². The fourth-order valence-corrected chi connectivity index (χ4v) is 2.24. The van der Waals surface area contributed by atoms with Crippen LogP contribution < -0.4 is 5.32 Å². The summed E-state index contributed by atoms with van der Waals surface area (Å²) in [6.07, 6.45) is 1.64. The molecule has 0 radical (unpaired) electrons. The van der Waals surface area contributed by atoms with E-state index in [1.165, 1.54) is 13.0 Å². The van der Waals surface area contributed by atoms with Gasteiger partial charge in [0.15, 0.2) is 0 Å². The van der Waals surface area contributed by atoms with E-state index in [4.69, 9.17) is 4.74 Å². The molecule has 3 nitrogen and oxygen atoms in total. The summed E-state index contributed by atoms with van der Waals surface area (Å²) in [4.78, 5) is 2.52. The minimum atomic E-state index is 0.356. The molecular weight excluding hydrogens is 200 g/mol. The SMILES string of the molecule is CC(C)CC1CN(CCOC(C)C)CCN1. The largest absolute Gasteiger partial charge is 0.377 e. The normalized spacial score (nSPS) is 23.2. The molecule has 0 saturated carbocycles. The fraction of sp³-hybridized carbons (Fsp3) is 1.00. The molecule has 3 heteroatoms. The van der Waals surface area contributed by atoms with Crippen LogP contribution in [-0.4, -0.2) is 49.8 Å². The van der Waals surface area contributed by atoms with Gasteiger partial charge in [0.05, 0.1) is 12.7 Å². The summed E-state index contributed by atoms with van der Waals surface area (Å²) in [5, 5.41) is 3.60. The highest BCUT2D eigenvalue weighted by Gasteiger charge is 2.19. The quantitative estimate of drug-likeness (QED) is 0.749. The van der Waals surface area contributed by atoms with Gasteiger partial charge in [-0.15, -0.1) is 0 Å². The van der Waals surface area contributed by atoms with Gasteiger partial charge in [0, 0.05) is 32.2 Å². The van der Waals surface area contributed by atoms with Gasteiger partial charge in [0.1, 0.15) is 0 Å². The third-order valence-corrected chi connectivity index (χ3v) is 2.95. The second kappa shape index (κ2) is 7.25. The number of rotatable bonds is 6. The van der Waals surface area contributed by atoms with Crippen molar-refractivity contribution in [3.8, 4) is 0 Å². The lowest BCUT2D eigenvalue weighted by Gasteiger charge is -2.34. The summed E-state index contributed by atoms with van der Waals surface area (Å²) in [7, 11) is 0. The standard InChI is InChI=1S/C13H28N2O/c1-11(2)9-13-10-15(6-5-14-13)7-8-16-12(3)4/h11-14H,5-10H2,1-4H3. The lowest BCUT2D eigenvalue weighted by molar-refractivity contribution is 0.0516. The van der Waals surface area contributed by atoms with Crippen molar-refractivity contribution >= 4 is 0 Å². The Kier molecular flexibility index (Phi) is 6.32.